The molecule has 2 heterocycles. The molecule has 0 saturated carbocycles. The molecule has 9 nitrogen and oxygen atoms in total. The number of amides is 1. The number of carbonyl (C=O) groups excluding carboxylic acids is 1. The van der Waals surface area contributed by atoms with Crippen LogP contribution in [0.3, 0.4) is 0 Å². The molecule has 2 aliphatic heterocycles. The number of hydrogen-bond acceptors (Lipinski definition) is 6. The summed E-state index contributed by atoms with van der Waals surface area (Å²) in [5.74, 6) is -0.166. The number of carboxylic acid groups (broad SMARTS) is 1. The molecule has 0 unspecified atom stereocenters. The molecule has 0 spiro atoms. The van der Waals surface area contributed by atoms with Crippen molar-refractivity contribution in [2.75, 3.05) is 67.8 Å². The quantitative estimate of drug-likeness (QED) is 0.154. The van der Waals surface area contributed by atoms with Crippen molar-refractivity contribution in [3.05, 3.63) is 29.3 Å². The Bertz CT molecular complexity index is 1140. The van der Waals surface area contributed by atoms with Crippen molar-refractivity contribution in [2.45, 2.75) is 78.7 Å². The maximum absolute atomic E-state index is 13.9. The third-order valence-electron chi connectivity index (χ3n) is 8.54. The van der Waals surface area contributed by atoms with Gasteiger partial charge in [-0.05, 0) is 62.6 Å². The summed E-state index contributed by atoms with van der Waals surface area (Å²) in [4.78, 5) is 31.1. The lowest BCUT2D eigenvalue weighted by atomic mass is 9.77. The standard InChI is InChI=1S/C34H55N3O6/c1-10-11-14-35(15-12-13-16-37(6,7)8)30(38)22-36-21-26(25-17-28(41-9)32-29(18-25)42-23-43-32)31(33(39)40)27(36)20-34(4,5)19-24(2)3/h17-19,26-27,31H,10-16,20-23H2,1-9H3/p+1/t26-,27+,31-/m1/s1. The fourth-order valence-electron chi connectivity index (χ4n) is 6.70. The van der Waals surface area contributed by atoms with E-state index in [1.807, 2.05) is 17.0 Å². The van der Waals surface area contributed by atoms with Crippen molar-refractivity contribution in [3.63, 3.8) is 0 Å². The Labute approximate surface area is 259 Å². The van der Waals surface area contributed by atoms with Crippen LogP contribution < -0.4 is 14.2 Å². The van der Waals surface area contributed by atoms with Crippen LogP contribution in [0.15, 0.2) is 23.8 Å². The molecule has 3 atom stereocenters. The Morgan fingerprint density at radius 1 is 1.14 bits per heavy atom. The van der Waals surface area contributed by atoms with Gasteiger partial charge >= 0.3 is 5.97 Å². The van der Waals surface area contributed by atoms with Crippen LogP contribution in [0.4, 0.5) is 0 Å². The summed E-state index contributed by atoms with van der Waals surface area (Å²) >= 11 is 0. The van der Waals surface area contributed by atoms with Crippen molar-refractivity contribution in [2.24, 2.45) is 11.3 Å². The molecule has 1 fully saturated rings. The van der Waals surface area contributed by atoms with Crippen LogP contribution in [-0.4, -0.2) is 105 Å². The maximum atomic E-state index is 13.9. The highest BCUT2D eigenvalue weighted by molar-refractivity contribution is 5.79. The maximum Gasteiger partial charge on any atom is 0.308 e. The van der Waals surface area contributed by atoms with Crippen molar-refractivity contribution in [1.82, 2.24) is 9.80 Å². The zero-order valence-electron chi connectivity index (χ0n) is 28.1. The number of unbranched alkanes of at least 4 members (excludes halogenated alkanes) is 2. The highest BCUT2D eigenvalue weighted by Gasteiger charge is 2.49. The molecule has 242 valence electrons. The number of hydrogen-bond donors (Lipinski definition) is 1. The Morgan fingerprint density at radius 2 is 1.84 bits per heavy atom. The van der Waals surface area contributed by atoms with Gasteiger partial charge in [0.1, 0.15) is 0 Å². The van der Waals surface area contributed by atoms with Crippen LogP contribution in [0, 0.1) is 11.3 Å². The normalized spacial score (nSPS) is 20.3. The van der Waals surface area contributed by atoms with Crippen molar-refractivity contribution >= 4 is 11.9 Å². The molecule has 1 aromatic carbocycles. The number of benzene rings is 1. The van der Waals surface area contributed by atoms with E-state index >= 15 is 0 Å². The van der Waals surface area contributed by atoms with Crippen molar-refractivity contribution in [3.8, 4) is 17.2 Å². The first-order chi connectivity index (χ1) is 20.2. The number of nitrogens with zero attached hydrogens (tertiary/aromatic N) is 3. The van der Waals surface area contributed by atoms with Gasteiger partial charge in [-0.25, -0.2) is 0 Å². The van der Waals surface area contributed by atoms with Crippen LogP contribution >= 0.6 is 0 Å². The second-order valence-electron chi connectivity index (χ2n) is 14.3. The molecule has 43 heavy (non-hydrogen) atoms. The minimum atomic E-state index is -0.849. The second kappa shape index (κ2) is 14.8. The highest BCUT2D eigenvalue weighted by atomic mass is 16.7. The van der Waals surface area contributed by atoms with E-state index in [9.17, 15) is 14.7 Å². The molecule has 0 aliphatic carbocycles. The van der Waals surface area contributed by atoms with E-state index in [-0.39, 0.29) is 36.6 Å². The van der Waals surface area contributed by atoms with E-state index < -0.39 is 11.9 Å². The summed E-state index contributed by atoms with van der Waals surface area (Å²) in [6, 6.07) is 3.44. The summed E-state index contributed by atoms with van der Waals surface area (Å²) in [7, 11) is 8.14. The molecule has 1 saturated heterocycles. The second-order valence-corrected chi connectivity index (χ2v) is 14.3. The molecule has 0 aromatic heterocycles. The van der Waals surface area contributed by atoms with Crippen LogP contribution in [0.25, 0.3) is 0 Å². The first kappa shape index (κ1) is 34.7. The molecule has 0 radical (unpaired) electrons. The van der Waals surface area contributed by atoms with Crippen molar-refractivity contribution in [1.29, 1.82) is 0 Å². The van der Waals surface area contributed by atoms with Gasteiger partial charge in [-0.3, -0.25) is 14.5 Å². The number of rotatable bonds is 16. The number of fused-ring (bicyclic) bond motifs is 1. The third kappa shape index (κ3) is 9.60. The number of carbonyl (C=O) groups is 2. The van der Waals surface area contributed by atoms with E-state index in [2.05, 4.69) is 66.7 Å². The zero-order chi connectivity index (χ0) is 31.9. The molecule has 2 aliphatic rings. The van der Waals surface area contributed by atoms with Gasteiger partial charge in [0.25, 0.3) is 0 Å². The Balaban J connectivity index is 1.93. The van der Waals surface area contributed by atoms with E-state index in [0.717, 1.165) is 55.4 Å². The first-order valence-corrected chi connectivity index (χ1v) is 15.8. The first-order valence-electron chi connectivity index (χ1n) is 15.8. The lowest BCUT2D eigenvalue weighted by Gasteiger charge is -2.34. The summed E-state index contributed by atoms with van der Waals surface area (Å²) in [6.45, 7) is 13.9. The van der Waals surface area contributed by atoms with Gasteiger partial charge in [0.2, 0.25) is 18.4 Å². The fraction of sp³-hybridized carbons (Fsp3) is 0.706. The Hall–Kier alpha value is -2.78. The third-order valence-corrected chi connectivity index (χ3v) is 8.54. The molecule has 3 rings (SSSR count). The number of quaternary nitrogens is 1. The topological polar surface area (TPSA) is 88.5 Å². The molecular formula is C34H56N3O6+. The van der Waals surface area contributed by atoms with Gasteiger partial charge < -0.3 is 28.7 Å². The SMILES string of the molecule is CCCCN(CCCC[N+](C)(C)C)C(=O)CN1C[C@H](c2cc(OC)c3c(c2)OCO3)[C@@H](C(=O)O)[C@@H]1CC(C)(C)C=C(C)C. The van der Waals surface area contributed by atoms with Crippen LogP contribution in [0.2, 0.25) is 0 Å². The number of aliphatic carboxylic acids is 1. The molecule has 1 N–H and O–H groups in total. The summed E-state index contributed by atoms with van der Waals surface area (Å²) in [5.41, 5.74) is 1.78. The van der Waals surface area contributed by atoms with Gasteiger partial charge in [0.15, 0.2) is 11.5 Å². The van der Waals surface area contributed by atoms with E-state index in [1.54, 1.807) is 7.11 Å². The predicted molar refractivity (Wildman–Crippen MR) is 170 cm³/mol. The lowest BCUT2D eigenvalue weighted by molar-refractivity contribution is -0.870. The number of ether oxygens (including phenoxy) is 3. The van der Waals surface area contributed by atoms with E-state index in [1.165, 1.54) is 5.57 Å². The highest BCUT2D eigenvalue weighted by Crippen LogP contribution is 2.48. The van der Waals surface area contributed by atoms with Gasteiger partial charge in [0, 0.05) is 31.6 Å². The number of likely N-dealkylation sites (tertiary alicyclic amines) is 1. The Morgan fingerprint density at radius 3 is 2.44 bits per heavy atom. The zero-order valence-corrected chi connectivity index (χ0v) is 28.1. The van der Waals surface area contributed by atoms with Gasteiger partial charge in [-0.15, -0.1) is 0 Å². The van der Waals surface area contributed by atoms with Crippen LogP contribution in [0.1, 0.15) is 78.2 Å². The van der Waals surface area contributed by atoms with Gasteiger partial charge in [-0.1, -0.05) is 38.8 Å². The number of carboxylic acids is 1. The average molecular weight is 603 g/mol. The summed E-state index contributed by atoms with van der Waals surface area (Å²) in [5, 5.41) is 10.7. The van der Waals surface area contributed by atoms with E-state index in [0.29, 0.717) is 30.2 Å². The predicted octanol–water partition coefficient (Wildman–Crippen LogP) is 5.39. The number of methoxy groups -OCH3 is 1. The fourth-order valence-corrected chi connectivity index (χ4v) is 6.70. The van der Waals surface area contributed by atoms with Gasteiger partial charge in [-0.2, -0.15) is 0 Å². The summed E-state index contributed by atoms with van der Waals surface area (Å²) < 4.78 is 17.8. The van der Waals surface area contributed by atoms with Gasteiger partial charge in [0.05, 0.1) is 47.3 Å². The molecule has 0 bridgehead atoms. The minimum Gasteiger partial charge on any atom is -0.493 e. The van der Waals surface area contributed by atoms with Crippen LogP contribution in [0.5, 0.6) is 17.2 Å². The Kier molecular flexibility index (Phi) is 11.9. The molecule has 9 heteroatoms. The lowest BCUT2D eigenvalue weighted by Crippen LogP contribution is -2.46. The van der Waals surface area contributed by atoms with E-state index in [4.69, 9.17) is 14.2 Å². The summed E-state index contributed by atoms with van der Waals surface area (Å²) in [6.07, 6.45) is 6.82. The van der Waals surface area contributed by atoms with Crippen molar-refractivity contribution < 1.29 is 33.4 Å². The minimum absolute atomic E-state index is 0.0803. The van der Waals surface area contributed by atoms with Crippen LogP contribution in [-0.2, 0) is 9.59 Å². The average Bonchev–Trinajstić information content (AvgIpc) is 3.50. The molecular weight excluding hydrogens is 546 g/mol. The number of allylic oxidation sites excluding steroid dienone is 2. The molecule has 1 aromatic rings. The monoisotopic (exact) mass is 602 g/mol. The molecule has 1 amide bonds. The largest absolute Gasteiger partial charge is 0.493 e. The smallest absolute Gasteiger partial charge is 0.308 e.